The number of fused-ring (bicyclic) bond motifs is 1. The Hall–Kier alpha value is -2.40. The van der Waals surface area contributed by atoms with E-state index in [1.807, 2.05) is 37.4 Å². The Balaban J connectivity index is 2.22. The number of benzene rings is 1. The van der Waals surface area contributed by atoms with Gasteiger partial charge < -0.3 is 4.98 Å². The van der Waals surface area contributed by atoms with Gasteiger partial charge in [0.1, 0.15) is 0 Å². The molecule has 0 unspecified atom stereocenters. The molecule has 0 radical (unpaired) electrons. The standard InChI is InChI=1S/C13H13N5/c1-8-6-12(17-13(16-8)18-14)10-7-15-11-5-3-2-4-9(10)11/h2-7,15H,14H2,1H3,(H,16,17,18). The van der Waals surface area contributed by atoms with Crippen molar-refractivity contribution in [2.24, 2.45) is 5.84 Å². The largest absolute Gasteiger partial charge is 0.360 e. The number of hydrogen-bond donors (Lipinski definition) is 3. The van der Waals surface area contributed by atoms with E-state index < -0.39 is 0 Å². The van der Waals surface area contributed by atoms with Crippen LogP contribution in [-0.2, 0) is 0 Å². The molecule has 0 saturated heterocycles. The minimum Gasteiger partial charge on any atom is -0.360 e. The molecule has 5 nitrogen and oxygen atoms in total. The third-order valence-corrected chi connectivity index (χ3v) is 2.85. The molecule has 0 amide bonds. The number of rotatable bonds is 2. The molecule has 0 aliphatic carbocycles. The highest BCUT2D eigenvalue weighted by Gasteiger charge is 2.08. The van der Waals surface area contributed by atoms with Crippen molar-refractivity contribution in [3.05, 3.63) is 42.2 Å². The second-order valence-corrected chi connectivity index (χ2v) is 4.11. The number of aryl methyl sites for hydroxylation is 1. The van der Waals surface area contributed by atoms with E-state index >= 15 is 0 Å². The Bertz CT molecular complexity index is 701. The Morgan fingerprint density at radius 1 is 1.22 bits per heavy atom. The minimum absolute atomic E-state index is 0.426. The molecule has 3 aromatic rings. The van der Waals surface area contributed by atoms with E-state index in [1.165, 1.54) is 0 Å². The molecular formula is C13H13N5. The van der Waals surface area contributed by atoms with Gasteiger partial charge in [-0.3, -0.25) is 5.43 Å². The molecule has 0 bridgehead atoms. The van der Waals surface area contributed by atoms with E-state index in [4.69, 9.17) is 5.84 Å². The lowest BCUT2D eigenvalue weighted by Crippen LogP contribution is -2.11. The lowest BCUT2D eigenvalue weighted by atomic mass is 10.1. The number of H-pyrrole nitrogens is 1. The van der Waals surface area contributed by atoms with Gasteiger partial charge in [-0.1, -0.05) is 18.2 Å². The van der Waals surface area contributed by atoms with E-state index in [2.05, 4.69) is 26.4 Å². The highest BCUT2D eigenvalue weighted by atomic mass is 15.3. The van der Waals surface area contributed by atoms with E-state index in [9.17, 15) is 0 Å². The van der Waals surface area contributed by atoms with Crippen molar-refractivity contribution in [3.63, 3.8) is 0 Å². The number of nitrogens with two attached hydrogens (primary N) is 1. The number of aromatic amines is 1. The number of hydrogen-bond acceptors (Lipinski definition) is 4. The first-order valence-corrected chi connectivity index (χ1v) is 5.67. The smallest absolute Gasteiger partial charge is 0.237 e. The topological polar surface area (TPSA) is 79.6 Å². The van der Waals surface area contributed by atoms with Crippen molar-refractivity contribution in [2.45, 2.75) is 6.92 Å². The second-order valence-electron chi connectivity index (χ2n) is 4.11. The van der Waals surface area contributed by atoms with Crippen LogP contribution in [0.25, 0.3) is 22.2 Å². The van der Waals surface area contributed by atoms with Crippen molar-refractivity contribution in [1.29, 1.82) is 0 Å². The number of aromatic nitrogens is 3. The molecule has 2 heterocycles. The van der Waals surface area contributed by atoms with Crippen LogP contribution in [0.4, 0.5) is 5.95 Å². The maximum Gasteiger partial charge on any atom is 0.237 e. The summed E-state index contributed by atoms with van der Waals surface area (Å²) in [7, 11) is 0. The third kappa shape index (κ3) is 1.70. The van der Waals surface area contributed by atoms with Crippen LogP contribution in [0.3, 0.4) is 0 Å². The van der Waals surface area contributed by atoms with Crippen molar-refractivity contribution >= 4 is 16.9 Å². The Labute approximate surface area is 104 Å². The fourth-order valence-electron chi connectivity index (χ4n) is 2.05. The van der Waals surface area contributed by atoms with Crippen LogP contribution in [-0.4, -0.2) is 15.0 Å². The maximum atomic E-state index is 5.37. The van der Waals surface area contributed by atoms with Gasteiger partial charge in [0.05, 0.1) is 5.69 Å². The number of para-hydroxylation sites is 1. The predicted molar refractivity (Wildman–Crippen MR) is 71.9 cm³/mol. The molecular weight excluding hydrogens is 226 g/mol. The first kappa shape index (κ1) is 10.7. The van der Waals surface area contributed by atoms with E-state index in [-0.39, 0.29) is 0 Å². The van der Waals surface area contributed by atoms with Gasteiger partial charge in [-0.25, -0.2) is 15.8 Å². The second kappa shape index (κ2) is 4.12. The van der Waals surface area contributed by atoms with E-state index in [0.29, 0.717) is 5.95 Å². The maximum absolute atomic E-state index is 5.37. The summed E-state index contributed by atoms with van der Waals surface area (Å²) in [5.41, 5.74) is 6.35. The molecule has 90 valence electrons. The average molecular weight is 239 g/mol. The number of nitrogen functional groups attached to an aromatic ring is 1. The quantitative estimate of drug-likeness (QED) is 0.473. The van der Waals surface area contributed by atoms with Gasteiger partial charge in [0.2, 0.25) is 5.95 Å². The van der Waals surface area contributed by atoms with Crippen LogP contribution in [0.5, 0.6) is 0 Å². The molecule has 1 aromatic carbocycles. The van der Waals surface area contributed by atoms with Crippen molar-refractivity contribution in [1.82, 2.24) is 15.0 Å². The fraction of sp³-hybridized carbons (Fsp3) is 0.0769. The Morgan fingerprint density at radius 3 is 2.89 bits per heavy atom. The van der Waals surface area contributed by atoms with Crippen molar-refractivity contribution < 1.29 is 0 Å². The van der Waals surface area contributed by atoms with Crippen LogP contribution >= 0.6 is 0 Å². The molecule has 3 rings (SSSR count). The molecule has 2 aromatic heterocycles. The molecule has 0 fully saturated rings. The van der Waals surface area contributed by atoms with Gasteiger partial charge >= 0.3 is 0 Å². The monoisotopic (exact) mass is 239 g/mol. The minimum atomic E-state index is 0.426. The lowest BCUT2D eigenvalue weighted by Gasteiger charge is -2.04. The molecule has 0 atom stereocenters. The molecule has 0 spiro atoms. The molecule has 0 aliphatic heterocycles. The lowest BCUT2D eigenvalue weighted by molar-refractivity contribution is 1.08. The van der Waals surface area contributed by atoms with Crippen LogP contribution in [0.2, 0.25) is 0 Å². The Kier molecular flexibility index (Phi) is 2.46. The summed E-state index contributed by atoms with van der Waals surface area (Å²) in [5, 5.41) is 1.14. The zero-order chi connectivity index (χ0) is 12.5. The van der Waals surface area contributed by atoms with Gasteiger partial charge in [0.25, 0.3) is 0 Å². The van der Waals surface area contributed by atoms with Gasteiger partial charge in [-0.15, -0.1) is 0 Å². The first-order valence-electron chi connectivity index (χ1n) is 5.67. The van der Waals surface area contributed by atoms with Gasteiger partial charge in [0.15, 0.2) is 0 Å². The van der Waals surface area contributed by atoms with Crippen LogP contribution in [0, 0.1) is 6.92 Å². The Morgan fingerprint density at radius 2 is 2.06 bits per heavy atom. The molecule has 5 heteroatoms. The molecule has 18 heavy (non-hydrogen) atoms. The van der Waals surface area contributed by atoms with Crippen molar-refractivity contribution in [3.8, 4) is 11.3 Å². The zero-order valence-electron chi connectivity index (χ0n) is 9.94. The summed E-state index contributed by atoms with van der Waals surface area (Å²) >= 11 is 0. The normalized spacial score (nSPS) is 10.8. The molecule has 0 aliphatic rings. The third-order valence-electron chi connectivity index (χ3n) is 2.85. The highest BCUT2D eigenvalue weighted by molar-refractivity contribution is 5.94. The van der Waals surface area contributed by atoms with Gasteiger partial charge in [-0.2, -0.15) is 0 Å². The predicted octanol–water partition coefficient (Wildman–Crippen LogP) is 2.22. The number of nitrogens with one attached hydrogen (secondary N) is 2. The van der Waals surface area contributed by atoms with Crippen molar-refractivity contribution in [2.75, 3.05) is 5.43 Å². The van der Waals surface area contributed by atoms with Gasteiger partial charge in [0, 0.05) is 28.4 Å². The molecule has 0 saturated carbocycles. The van der Waals surface area contributed by atoms with Crippen LogP contribution in [0.1, 0.15) is 5.69 Å². The molecule has 4 N–H and O–H groups in total. The fourth-order valence-corrected chi connectivity index (χ4v) is 2.05. The summed E-state index contributed by atoms with van der Waals surface area (Å²) in [4.78, 5) is 11.8. The zero-order valence-corrected chi connectivity index (χ0v) is 9.94. The number of hydrazine groups is 1. The highest BCUT2D eigenvalue weighted by Crippen LogP contribution is 2.27. The van der Waals surface area contributed by atoms with Crippen LogP contribution < -0.4 is 11.3 Å². The summed E-state index contributed by atoms with van der Waals surface area (Å²) in [6, 6.07) is 10.1. The van der Waals surface area contributed by atoms with Gasteiger partial charge in [-0.05, 0) is 19.1 Å². The van der Waals surface area contributed by atoms with E-state index in [0.717, 1.165) is 27.9 Å². The van der Waals surface area contributed by atoms with Crippen LogP contribution in [0.15, 0.2) is 36.5 Å². The summed E-state index contributed by atoms with van der Waals surface area (Å²) in [5.74, 6) is 5.80. The van der Waals surface area contributed by atoms with E-state index in [1.54, 1.807) is 0 Å². The summed E-state index contributed by atoms with van der Waals surface area (Å²) < 4.78 is 0. The number of nitrogens with zero attached hydrogens (tertiary/aromatic N) is 2. The first-order chi connectivity index (χ1) is 8.78. The SMILES string of the molecule is Cc1cc(-c2c[nH]c3ccccc23)nc(NN)n1. The summed E-state index contributed by atoms with van der Waals surface area (Å²) in [6.45, 7) is 1.92. The average Bonchev–Trinajstić information content (AvgIpc) is 2.81. The summed E-state index contributed by atoms with van der Waals surface area (Å²) in [6.07, 6.45) is 1.95. The number of anilines is 1.